The largest absolute Gasteiger partial charge is 0.393 e. The van der Waals surface area contributed by atoms with Crippen LogP contribution in [0, 0.1) is 11.8 Å². The molecule has 1 aliphatic carbocycles. The summed E-state index contributed by atoms with van der Waals surface area (Å²) in [5, 5.41) is 10.3. The van der Waals surface area contributed by atoms with Crippen molar-refractivity contribution in [1.29, 1.82) is 0 Å². The maximum absolute atomic E-state index is 11.4. The first-order chi connectivity index (χ1) is 9.05. The van der Waals surface area contributed by atoms with Gasteiger partial charge in [-0.3, -0.25) is 0 Å². The van der Waals surface area contributed by atoms with Gasteiger partial charge in [0, 0.05) is 0 Å². The van der Waals surface area contributed by atoms with E-state index in [0.717, 1.165) is 12.8 Å². The van der Waals surface area contributed by atoms with E-state index in [1.54, 1.807) is 0 Å². The fourth-order valence-corrected chi connectivity index (χ4v) is 5.18. The van der Waals surface area contributed by atoms with E-state index in [-0.39, 0.29) is 17.8 Å². The molecular formula is C15H20O3S. The zero-order chi connectivity index (χ0) is 13.5. The number of aliphatic hydroxyl groups is 1. The van der Waals surface area contributed by atoms with Gasteiger partial charge < -0.3 is 5.11 Å². The molecule has 2 aliphatic rings. The molecule has 0 aromatic heterocycles. The molecule has 1 saturated carbocycles. The molecular weight excluding hydrogens is 260 g/mol. The van der Waals surface area contributed by atoms with Crippen LogP contribution in [0.5, 0.6) is 0 Å². The Balaban J connectivity index is 1.55. The molecule has 1 aromatic rings. The first-order valence-corrected chi connectivity index (χ1v) is 8.81. The smallest absolute Gasteiger partial charge is 0.150 e. The molecule has 1 aromatic carbocycles. The number of hydrogen-bond acceptors (Lipinski definition) is 3. The minimum absolute atomic E-state index is 0.164. The first-order valence-electron chi connectivity index (χ1n) is 6.98. The second-order valence-corrected chi connectivity index (χ2v) is 8.22. The van der Waals surface area contributed by atoms with Crippen LogP contribution in [-0.4, -0.2) is 31.1 Å². The summed E-state index contributed by atoms with van der Waals surface area (Å²) in [5.41, 5.74) is 1.30. The van der Waals surface area contributed by atoms with Crippen LogP contribution in [0.15, 0.2) is 30.3 Å². The lowest BCUT2D eigenvalue weighted by Crippen LogP contribution is -2.17. The number of benzene rings is 1. The van der Waals surface area contributed by atoms with Gasteiger partial charge >= 0.3 is 0 Å². The van der Waals surface area contributed by atoms with E-state index in [1.807, 2.05) is 18.2 Å². The molecule has 1 aliphatic heterocycles. The van der Waals surface area contributed by atoms with E-state index in [4.69, 9.17) is 0 Å². The predicted octanol–water partition coefficient (Wildman–Crippen LogP) is 1.98. The van der Waals surface area contributed by atoms with E-state index in [2.05, 4.69) is 12.1 Å². The van der Waals surface area contributed by atoms with Gasteiger partial charge in [-0.1, -0.05) is 30.3 Å². The molecule has 0 bridgehead atoms. The maximum Gasteiger partial charge on any atom is 0.150 e. The fraction of sp³-hybridized carbons (Fsp3) is 0.600. The van der Waals surface area contributed by atoms with Crippen LogP contribution < -0.4 is 0 Å². The van der Waals surface area contributed by atoms with Gasteiger partial charge in [0.2, 0.25) is 0 Å². The highest BCUT2D eigenvalue weighted by atomic mass is 32.2. The van der Waals surface area contributed by atoms with Gasteiger partial charge in [-0.25, -0.2) is 8.42 Å². The third kappa shape index (κ3) is 3.00. The van der Waals surface area contributed by atoms with Gasteiger partial charge in [-0.15, -0.1) is 0 Å². The molecule has 1 N–H and O–H groups in total. The zero-order valence-corrected chi connectivity index (χ0v) is 11.7. The Morgan fingerprint density at radius 3 is 2.63 bits per heavy atom. The molecule has 4 atom stereocenters. The van der Waals surface area contributed by atoms with Crippen molar-refractivity contribution in [2.45, 2.75) is 31.3 Å². The van der Waals surface area contributed by atoms with Gasteiger partial charge in [-0.05, 0) is 42.6 Å². The van der Waals surface area contributed by atoms with Gasteiger partial charge in [0.25, 0.3) is 0 Å². The summed E-state index contributed by atoms with van der Waals surface area (Å²) in [7, 11) is -2.82. The summed E-state index contributed by atoms with van der Waals surface area (Å²) in [6.07, 6.45) is 2.06. The SMILES string of the molecule is O=S1(=O)CCC(CC(O)C2CC2c2ccccc2)C1. The van der Waals surface area contributed by atoms with Crippen molar-refractivity contribution in [2.24, 2.45) is 11.8 Å². The Labute approximate surface area is 114 Å². The van der Waals surface area contributed by atoms with Crippen LogP contribution in [0.3, 0.4) is 0 Å². The molecule has 19 heavy (non-hydrogen) atoms. The molecule has 0 radical (unpaired) electrons. The summed E-state index contributed by atoms with van der Waals surface area (Å²) in [6.45, 7) is 0. The Kier molecular flexibility index (Phi) is 3.39. The normalized spacial score (nSPS) is 34.1. The fourth-order valence-electron chi connectivity index (χ4n) is 3.30. The Morgan fingerprint density at radius 2 is 2.00 bits per heavy atom. The van der Waals surface area contributed by atoms with Crippen molar-refractivity contribution in [3.05, 3.63) is 35.9 Å². The highest BCUT2D eigenvalue weighted by Crippen LogP contribution is 2.50. The highest BCUT2D eigenvalue weighted by Gasteiger charge is 2.44. The third-order valence-electron chi connectivity index (χ3n) is 4.46. The van der Waals surface area contributed by atoms with Crippen molar-refractivity contribution in [1.82, 2.24) is 0 Å². The van der Waals surface area contributed by atoms with Crippen LogP contribution in [0.4, 0.5) is 0 Å². The van der Waals surface area contributed by atoms with Gasteiger partial charge in [-0.2, -0.15) is 0 Å². The molecule has 0 spiro atoms. The van der Waals surface area contributed by atoms with Crippen molar-refractivity contribution >= 4 is 9.84 Å². The second-order valence-electron chi connectivity index (χ2n) is 5.99. The molecule has 1 heterocycles. The monoisotopic (exact) mass is 280 g/mol. The Hall–Kier alpha value is -0.870. The molecule has 3 nitrogen and oxygen atoms in total. The lowest BCUT2D eigenvalue weighted by molar-refractivity contribution is 0.122. The van der Waals surface area contributed by atoms with Crippen LogP contribution in [-0.2, 0) is 9.84 Å². The van der Waals surface area contributed by atoms with Crippen molar-refractivity contribution in [2.75, 3.05) is 11.5 Å². The summed E-state index contributed by atoms with van der Waals surface area (Å²) in [5.74, 6) is 1.53. The summed E-state index contributed by atoms with van der Waals surface area (Å²) >= 11 is 0. The highest BCUT2D eigenvalue weighted by molar-refractivity contribution is 7.91. The van der Waals surface area contributed by atoms with Crippen molar-refractivity contribution in [3.8, 4) is 0 Å². The van der Waals surface area contributed by atoms with E-state index in [9.17, 15) is 13.5 Å². The molecule has 2 fully saturated rings. The van der Waals surface area contributed by atoms with E-state index in [0.29, 0.717) is 24.0 Å². The minimum Gasteiger partial charge on any atom is -0.393 e. The second kappa shape index (κ2) is 4.91. The molecule has 4 unspecified atom stereocenters. The Morgan fingerprint density at radius 1 is 1.26 bits per heavy atom. The average molecular weight is 280 g/mol. The van der Waals surface area contributed by atoms with Crippen molar-refractivity contribution in [3.63, 3.8) is 0 Å². The van der Waals surface area contributed by atoms with E-state index < -0.39 is 9.84 Å². The van der Waals surface area contributed by atoms with E-state index >= 15 is 0 Å². The summed E-state index contributed by atoms with van der Waals surface area (Å²) < 4.78 is 22.8. The number of sulfone groups is 1. The van der Waals surface area contributed by atoms with Crippen LogP contribution in [0.2, 0.25) is 0 Å². The number of rotatable bonds is 4. The quantitative estimate of drug-likeness (QED) is 0.917. The molecule has 1 saturated heterocycles. The standard InChI is InChI=1S/C15H20O3S/c16-15(8-11-6-7-19(17,18)10-11)14-9-13(14)12-4-2-1-3-5-12/h1-5,11,13-16H,6-10H2. The third-order valence-corrected chi connectivity index (χ3v) is 6.30. The lowest BCUT2D eigenvalue weighted by atomic mass is 9.96. The Bertz CT molecular complexity index is 538. The van der Waals surface area contributed by atoms with Crippen molar-refractivity contribution < 1.29 is 13.5 Å². The topological polar surface area (TPSA) is 54.4 Å². The van der Waals surface area contributed by atoms with Gasteiger partial charge in [0.15, 0.2) is 9.84 Å². The summed E-state index contributed by atoms with van der Waals surface area (Å²) in [6, 6.07) is 10.3. The maximum atomic E-state index is 11.4. The number of hydrogen-bond donors (Lipinski definition) is 1. The zero-order valence-electron chi connectivity index (χ0n) is 10.9. The molecule has 104 valence electrons. The average Bonchev–Trinajstić information content (AvgIpc) is 3.11. The van der Waals surface area contributed by atoms with Gasteiger partial charge in [0.1, 0.15) is 0 Å². The number of aliphatic hydroxyl groups excluding tert-OH is 1. The molecule has 0 amide bonds. The van der Waals surface area contributed by atoms with Crippen LogP contribution in [0.25, 0.3) is 0 Å². The molecule has 4 heteroatoms. The van der Waals surface area contributed by atoms with E-state index in [1.165, 1.54) is 5.56 Å². The minimum atomic E-state index is -2.82. The van der Waals surface area contributed by atoms with Crippen LogP contribution in [0.1, 0.15) is 30.7 Å². The molecule has 3 rings (SSSR count). The summed E-state index contributed by atoms with van der Waals surface area (Å²) in [4.78, 5) is 0. The predicted molar refractivity (Wildman–Crippen MR) is 74.7 cm³/mol. The van der Waals surface area contributed by atoms with Crippen LogP contribution >= 0.6 is 0 Å². The first kappa shape index (κ1) is 13.1. The van der Waals surface area contributed by atoms with Gasteiger partial charge in [0.05, 0.1) is 17.6 Å². The lowest BCUT2D eigenvalue weighted by Gasteiger charge is -2.14.